The van der Waals surface area contributed by atoms with Crippen LogP contribution >= 0.6 is 11.1 Å². The molecule has 0 aliphatic rings. The van der Waals surface area contributed by atoms with Crippen molar-refractivity contribution in [1.82, 2.24) is 0 Å². The molecule has 0 N–H and O–H groups in total. The summed E-state index contributed by atoms with van der Waals surface area (Å²) in [6, 6.07) is 0.946. The topological polar surface area (TPSA) is 0 Å². The molecule has 0 nitrogen and oxygen atoms in total. The minimum Gasteiger partial charge on any atom is -0.171 e. The van der Waals surface area contributed by atoms with Crippen LogP contribution in [-0.2, 0) is 0 Å². The zero-order valence-corrected chi connectivity index (χ0v) is 4.63. The fraction of sp³-hybridized carbons (Fsp3) is 0.333. The molecule has 0 amide bonds. The summed E-state index contributed by atoms with van der Waals surface area (Å²) in [5, 5.41) is 0. The maximum atomic E-state index is 5.26. The van der Waals surface area contributed by atoms with Crippen molar-refractivity contribution < 1.29 is 0 Å². The van der Waals surface area contributed by atoms with Crippen molar-refractivity contribution in [3.8, 4) is 0 Å². The maximum Gasteiger partial charge on any atom is 0.175 e. The summed E-state index contributed by atoms with van der Waals surface area (Å²) in [4.78, 5) is 0. The van der Waals surface area contributed by atoms with E-state index >= 15 is 0 Å². The molecule has 0 aromatic carbocycles. The Morgan fingerprint density at radius 2 is 2.60 bits per heavy atom. The first kappa shape index (κ1) is 5.25. The van der Waals surface area contributed by atoms with Crippen LogP contribution in [0.4, 0.5) is 0 Å². The molecule has 0 rings (SSSR count). The monoisotopic (exact) mass is 104 g/mol. The van der Waals surface area contributed by atoms with E-state index in [1.165, 1.54) is 0 Å². The lowest BCUT2D eigenvalue weighted by Crippen LogP contribution is -1.64. The second-order valence-corrected chi connectivity index (χ2v) is 2.10. The van der Waals surface area contributed by atoms with E-state index < -0.39 is 0 Å². The van der Waals surface area contributed by atoms with Gasteiger partial charge in [-0.2, -0.15) is 11.1 Å². The third-order valence-corrected chi connectivity index (χ3v) is 1.13. The molecular formula is C3H5ClSi. The molecule has 0 aliphatic heterocycles. The summed E-state index contributed by atoms with van der Waals surface area (Å²) >= 11 is 5.26. The van der Waals surface area contributed by atoms with Gasteiger partial charge in [0.1, 0.15) is 0 Å². The predicted molar refractivity (Wildman–Crippen MR) is 26.6 cm³/mol. The van der Waals surface area contributed by atoms with Gasteiger partial charge in [-0.3, -0.25) is 0 Å². The van der Waals surface area contributed by atoms with Crippen LogP contribution in [0.3, 0.4) is 0 Å². The van der Waals surface area contributed by atoms with Gasteiger partial charge in [0.15, 0.2) is 8.83 Å². The highest BCUT2D eigenvalue weighted by Gasteiger charge is 1.68. The Bertz CT molecular complexity index is 28.1. The van der Waals surface area contributed by atoms with Crippen molar-refractivity contribution in [2.45, 2.75) is 6.04 Å². The first-order valence-corrected chi connectivity index (χ1v) is 3.58. The number of hydrogen-bond acceptors (Lipinski definition) is 0. The number of rotatable bonds is 2. The average Bonchev–Trinajstić information content (AvgIpc) is 1.41. The first-order chi connectivity index (χ1) is 2.41. The van der Waals surface area contributed by atoms with Gasteiger partial charge in [-0.25, -0.2) is 0 Å². The van der Waals surface area contributed by atoms with Crippen LogP contribution in [0.25, 0.3) is 0 Å². The number of halogens is 1. The van der Waals surface area contributed by atoms with Crippen molar-refractivity contribution in [1.29, 1.82) is 0 Å². The van der Waals surface area contributed by atoms with E-state index in [9.17, 15) is 0 Å². The summed E-state index contributed by atoms with van der Waals surface area (Å²) in [5.41, 5.74) is 0. The van der Waals surface area contributed by atoms with Gasteiger partial charge in [-0.1, -0.05) is 6.08 Å². The van der Waals surface area contributed by atoms with E-state index in [2.05, 4.69) is 6.58 Å². The molecule has 28 valence electrons. The van der Waals surface area contributed by atoms with Gasteiger partial charge in [-0.15, -0.1) is 6.58 Å². The highest BCUT2D eigenvalue weighted by Crippen LogP contribution is 1.78. The van der Waals surface area contributed by atoms with Gasteiger partial charge in [0.25, 0.3) is 0 Å². The molecule has 0 aromatic heterocycles. The van der Waals surface area contributed by atoms with Crippen LogP contribution < -0.4 is 0 Å². The maximum absolute atomic E-state index is 5.26. The summed E-state index contributed by atoms with van der Waals surface area (Å²) < 4.78 is 0. The van der Waals surface area contributed by atoms with Crippen molar-refractivity contribution >= 4 is 19.9 Å². The molecule has 0 aromatic rings. The lowest BCUT2D eigenvalue weighted by Gasteiger charge is -1.67. The third kappa shape index (κ3) is 4.25. The van der Waals surface area contributed by atoms with Gasteiger partial charge >= 0.3 is 0 Å². The standard InChI is InChI=1S/C3H5ClSi/c1-2-3-5-4/h2H,1,3H2. The molecule has 0 spiro atoms. The minimum absolute atomic E-state index is 0.512. The van der Waals surface area contributed by atoms with Crippen LogP contribution in [-0.4, -0.2) is 8.83 Å². The summed E-state index contributed by atoms with van der Waals surface area (Å²) in [6.45, 7) is 3.47. The Hall–Kier alpha value is 0.247. The van der Waals surface area contributed by atoms with Gasteiger partial charge in [0.05, 0.1) is 0 Å². The van der Waals surface area contributed by atoms with E-state index in [0.29, 0.717) is 8.83 Å². The lowest BCUT2D eigenvalue weighted by molar-refractivity contribution is 1.75. The Kier molecular flexibility index (Phi) is 4.46. The number of allylic oxidation sites excluding steroid dienone is 1. The molecule has 0 bridgehead atoms. The van der Waals surface area contributed by atoms with Crippen LogP contribution in [0, 0.1) is 0 Å². The lowest BCUT2D eigenvalue weighted by atomic mass is 10.8. The van der Waals surface area contributed by atoms with Crippen molar-refractivity contribution in [2.24, 2.45) is 0 Å². The Morgan fingerprint density at radius 3 is 2.60 bits per heavy atom. The van der Waals surface area contributed by atoms with Crippen molar-refractivity contribution in [2.75, 3.05) is 0 Å². The van der Waals surface area contributed by atoms with Crippen LogP contribution in [0.15, 0.2) is 12.7 Å². The Morgan fingerprint density at radius 1 is 2.00 bits per heavy atom. The molecule has 0 heterocycles. The summed E-state index contributed by atoms with van der Waals surface area (Å²) in [6.07, 6.45) is 1.81. The van der Waals surface area contributed by atoms with Crippen molar-refractivity contribution in [3.05, 3.63) is 12.7 Å². The molecule has 0 saturated carbocycles. The highest BCUT2D eigenvalue weighted by molar-refractivity contribution is 6.93. The van der Waals surface area contributed by atoms with E-state index in [-0.39, 0.29) is 0 Å². The molecule has 2 heteroatoms. The third-order valence-electron chi connectivity index (χ3n) is 0.221. The average molecular weight is 105 g/mol. The Balaban J connectivity index is 2.40. The molecule has 2 radical (unpaired) electrons. The van der Waals surface area contributed by atoms with Gasteiger partial charge < -0.3 is 0 Å². The summed E-state index contributed by atoms with van der Waals surface area (Å²) in [7, 11) is 0.512. The highest BCUT2D eigenvalue weighted by atomic mass is 35.6. The molecular weight excluding hydrogens is 99.6 g/mol. The SMILES string of the molecule is C=CC[Si]Cl. The van der Waals surface area contributed by atoms with Crippen LogP contribution in [0.1, 0.15) is 0 Å². The molecule has 0 aliphatic carbocycles. The quantitative estimate of drug-likeness (QED) is 0.283. The smallest absolute Gasteiger partial charge is 0.171 e. The zero-order valence-electron chi connectivity index (χ0n) is 2.87. The molecule has 0 unspecified atom stereocenters. The second kappa shape index (κ2) is 4.25. The van der Waals surface area contributed by atoms with Crippen LogP contribution in [0.2, 0.25) is 6.04 Å². The first-order valence-electron chi connectivity index (χ1n) is 1.36. The van der Waals surface area contributed by atoms with Gasteiger partial charge in [-0.05, 0) is 6.04 Å². The van der Waals surface area contributed by atoms with E-state index in [0.717, 1.165) is 6.04 Å². The van der Waals surface area contributed by atoms with Crippen LogP contribution in [0.5, 0.6) is 0 Å². The van der Waals surface area contributed by atoms with E-state index in [4.69, 9.17) is 11.1 Å². The molecule has 5 heavy (non-hydrogen) atoms. The molecule has 0 atom stereocenters. The minimum atomic E-state index is 0.512. The van der Waals surface area contributed by atoms with Gasteiger partial charge in [0, 0.05) is 0 Å². The zero-order chi connectivity index (χ0) is 4.12. The van der Waals surface area contributed by atoms with E-state index in [1.54, 1.807) is 0 Å². The predicted octanol–water partition coefficient (Wildman–Crippen LogP) is 1.45. The second-order valence-electron chi connectivity index (χ2n) is 0.626. The largest absolute Gasteiger partial charge is 0.175 e. The molecule has 0 saturated heterocycles. The fourth-order valence-corrected chi connectivity index (χ4v) is 0.491. The fourth-order valence-electron chi connectivity index (χ4n) is 0.0546. The molecule has 0 fully saturated rings. The van der Waals surface area contributed by atoms with Crippen molar-refractivity contribution in [3.63, 3.8) is 0 Å². The van der Waals surface area contributed by atoms with E-state index in [1.807, 2.05) is 6.08 Å². The van der Waals surface area contributed by atoms with Gasteiger partial charge in [0.2, 0.25) is 0 Å². The number of hydrogen-bond donors (Lipinski definition) is 0. The normalized spacial score (nSPS) is 7.40. The summed E-state index contributed by atoms with van der Waals surface area (Å²) in [5.74, 6) is 0. The Labute approximate surface area is 39.4 Å².